The molecule has 3 heterocycles. The molecule has 39 heavy (non-hydrogen) atoms. The van der Waals surface area contributed by atoms with Crippen molar-refractivity contribution in [2.24, 2.45) is 0 Å². The van der Waals surface area contributed by atoms with Crippen LogP contribution >= 0.6 is 0 Å². The monoisotopic (exact) mass is 550 g/mol. The molecule has 0 aliphatic heterocycles. The maximum Gasteiger partial charge on any atom is 0.387 e. The van der Waals surface area contributed by atoms with Crippen LogP contribution in [0.5, 0.6) is 5.75 Å². The second kappa shape index (κ2) is 10.7. The fraction of sp³-hybridized carbons (Fsp3) is 0.185. The number of fused-ring (bicyclic) bond motifs is 1. The molecule has 0 N–H and O–H groups in total. The molecule has 0 saturated heterocycles. The van der Waals surface area contributed by atoms with Crippen LogP contribution in [0.1, 0.15) is 17.0 Å². The van der Waals surface area contributed by atoms with Gasteiger partial charge in [0.05, 0.1) is 23.8 Å². The van der Waals surface area contributed by atoms with Crippen LogP contribution in [-0.2, 0) is 23.0 Å². The number of pyridine rings is 1. The first-order chi connectivity index (χ1) is 18.7. The van der Waals surface area contributed by atoms with E-state index in [0.717, 1.165) is 38.5 Å². The van der Waals surface area contributed by atoms with Gasteiger partial charge < -0.3 is 9.30 Å². The molecule has 0 unspecified atom stereocenters. The molecule has 0 fully saturated rings. The standard InChI is InChI=1S/C27H24F2N6O3S/c1-34(39(2,36)37)27-31-15-21(16-32-27)19-7-8-22-23(14-19)35(25(33-22)13-18-9-11-30-12-10-18)17-20-5-3-4-6-24(20)38-26(28)29/h3-12,14-16,26H,13,17H2,1-2H3. The number of halogens is 2. The summed E-state index contributed by atoms with van der Waals surface area (Å²) in [5.41, 5.74) is 4.54. The first kappa shape index (κ1) is 26.2. The zero-order valence-corrected chi connectivity index (χ0v) is 21.9. The lowest BCUT2D eigenvalue weighted by Gasteiger charge is -2.15. The quantitative estimate of drug-likeness (QED) is 0.266. The number of anilines is 1. The molecule has 12 heteroatoms. The van der Waals surface area contributed by atoms with E-state index in [4.69, 9.17) is 9.72 Å². The predicted octanol–water partition coefficient (Wildman–Crippen LogP) is 4.52. The average molecular weight is 551 g/mol. The van der Waals surface area contributed by atoms with E-state index in [1.54, 1.807) is 43.0 Å². The summed E-state index contributed by atoms with van der Waals surface area (Å²) in [6.07, 6.45) is 8.09. The molecule has 0 saturated carbocycles. The minimum atomic E-state index is -3.50. The third kappa shape index (κ3) is 5.85. The molecule has 0 aliphatic carbocycles. The topological polar surface area (TPSA) is 103 Å². The SMILES string of the molecule is CN(c1ncc(-c2ccc3nc(Cc4ccncc4)n(Cc4ccccc4OC(F)F)c3c2)cn1)S(C)(=O)=O. The van der Waals surface area contributed by atoms with Crippen molar-refractivity contribution in [2.75, 3.05) is 17.6 Å². The van der Waals surface area contributed by atoms with Crippen LogP contribution in [0.15, 0.2) is 79.4 Å². The van der Waals surface area contributed by atoms with Gasteiger partial charge in [0, 0.05) is 49.4 Å². The van der Waals surface area contributed by atoms with Crippen molar-refractivity contribution in [3.8, 4) is 16.9 Å². The number of sulfonamides is 1. The number of nitrogens with zero attached hydrogens (tertiary/aromatic N) is 6. The number of ether oxygens (including phenoxy) is 1. The van der Waals surface area contributed by atoms with Crippen LogP contribution in [0, 0.1) is 0 Å². The van der Waals surface area contributed by atoms with E-state index in [-0.39, 0.29) is 18.2 Å². The Labute approximate surface area is 223 Å². The van der Waals surface area contributed by atoms with Gasteiger partial charge in [0.15, 0.2) is 0 Å². The summed E-state index contributed by atoms with van der Waals surface area (Å²) in [6, 6.07) is 16.1. The summed E-state index contributed by atoms with van der Waals surface area (Å²) < 4.78 is 57.6. The smallest absolute Gasteiger partial charge is 0.387 e. The lowest BCUT2D eigenvalue weighted by molar-refractivity contribution is -0.0504. The number of alkyl halides is 2. The molecule has 3 aromatic heterocycles. The number of imidazole rings is 1. The van der Waals surface area contributed by atoms with Crippen molar-refractivity contribution in [2.45, 2.75) is 19.6 Å². The van der Waals surface area contributed by atoms with E-state index in [1.807, 2.05) is 34.9 Å². The third-order valence-corrected chi connectivity index (χ3v) is 7.36. The van der Waals surface area contributed by atoms with Crippen LogP contribution in [0.3, 0.4) is 0 Å². The number of hydrogen-bond acceptors (Lipinski definition) is 7. The lowest BCUT2D eigenvalue weighted by atomic mass is 10.1. The summed E-state index contributed by atoms with van der Waals surface area (Å²) in [7, 11) is -2.11. The molecule has 0 radical (unpaired) electrons. The predicted molar refractivity (Wildman–Crippen MR) is 143 cm³/mol. The molecule has 0 atom stereocenters. The molecule has 9 nitrogen and oxygen atoms in total. The Balaban J connectivity index is 1.58. The van der Waals surface area contributed by atoms with Crippen LogP contribution < -0.4 is 9.04 Å². The molecule has 200 valence electrons. The van der Waals surface area contributed by atoms with Gasteiger partial charge in [-0.3, -0.25) is 4.98 Å². The van der Waals surface area contributed by atoms with Crippen LogP contribution in [0.25, 0.3) is 22.2 Å². The Hall–Kier alpha value is -4.45. The van der Waals surface area contributed by atoms with Gasteiger partial charge >= 0.3 is 6.61 Å². The highest BCUT2D eigenvalue weighted by molar-refractivity contribution is 7.92. The summed E-state index contributed by atoms with van der Waals surface area (Å²) in [5.74, 6) is 0.892. The summed E-state index contributed by atoms with van der Waals surface area (Å²) in [6.45, 7) is -2.70. The van der Waals surface area contributed by atoms with Crippen molar-refractivity contribution >= 4 is 27.0 Å². The lowest BCUT2D eigenvalue weighted by Crippen LogP contribution is -2.26. The molecule has 5 aromatic rings. The van der Waals surface area contributed by atoms with Gasteiger partial charge in [-0.2, -0.15) is 8.78 Å². The van der Waals surface area contributed by atoms with E-state index in [9.17, 15) is 17.2 Å². The second-order valence-electron chi connectivity index (χ2n) is 8.84. The number of rotatable bonds is 9. The van der Waals surface area contributed by atoms with Crippen molar-refractivity contribution < 1.29 is 21.9 Å². The van der Waals surface area contributed by atoms with Crippen molar-refractivity contribution in [1.29, 1.82) is 0 Å². The zero-order chi connectivity index (χ0) is 27.6. The second-order valence-corrected chi connectivity index (χ2v) is 10.9. The summed E-state index contributed by atoms with van der Waals surface area (Å²) in [4.78, 5) is 17.3. The highest BCUT2D eigenvalue weighted by Crippen LogP contribution is 2.29. The van der Waals surface area contributed by atoms with E-state index in [1.165, 1.54) is 13.1 Å². The summed E-state index contributed by atoms with van der Waals surface area (Å²) in [5, 5.41) is 0. The van der Waals surface area contributed by atoms with Gasteiger partial charge in [0.25, 0.3) is 0 Å². The van der Waals surface area contributed by atoms with E-state index in [0.29, 0.717) is 17.5 Å². The Morgan fingerprint density at radius 2 is 1.72 bits per heavy atom. The van der Waals surface area contributed by atoms with Crippen LogP contribution in [0.2, 0.25) is 0 Å². The first-order valence-corrected chi connectivity index (χ1v) is 13.7. The molecule has 0 spiro atoms. The third-order valence-electron chi connectivity index (χ3n) is 6.21. The van der Waals surface area contributed by atoms with E-state index < -0.39 is 16.6 Å². The maximum atomic E-state index is 13.1. The van der Waals surface area contributed by atoms with Crippen LogP contribution in [0.4, 0.5) is 14.7 Å². The van der Waals surface area contributed by atoms with Gasteiger partial charge in [-0.25, -0.2) is 27.7 Å². The molecule has 0 aliphatic rings. The number of aromatic nitrogens is 5. The van der Waals surface area contributed by atoms with E-state index in [2.05, 4.69) is 15.0 Å². The fourth-order valence-corrected chi connectivity index (χ4v) is 4.53. The minimum Gasteiger partial charge on any atom is -0.434 e. The summed E-state index contributed by atoms with van der Waals surface area (Å²) >= 11 is 0. The molecule has 5 rings (SSSR count). The Morgan fingerprint density at radius 1 is 1.00 bits per heavy atom. The van der Waals surface area contributed by atoms with Gasteiger partial charge in [-0.15, -0.1) is 0 Å². The molecule has 0 bridgehead atoms. The normalized spacial score (nSPS) is 11.7. The van der Waals surface area contributed by atoms with Crippen LogP contribution in [-0.4, -0.2) is 52.8 Å². The fourth-order valence-electron chi connectivity index (χ4n) is 4.14. The van der Waals surface area contributed by atoms with Gasteiger partial charge in [0.2, 0.25) is 16.0 Å². The van der Waals surface area contributed by atoms with Gasteiger partial charge in [-0.1, -0.05) is 24.3 Å². The molecule has 2 aromatic carbocycles. The Morgan fingerprint density at radius 3 is 2.41 bits per heavy atom. The van der Waals surface area contributed by atoms with Gasteiger partial charge in [0.1, 0.15) is 11.6 Å². The number of benzene rings is 2. The molecular formula is C27H24F2N6O3S. The number of hydrogen-bond donors (Lipinski definition) is 0. The number of para-hydroxylation sites is 1. The van der Waals surface area contributed by atoms with Gasteiger partial charge in [-0.05, 0) is 41.5 Å². The molecular weight excluding hydrogens is 526 g/mol. The van der Waals surface area contributed by atoms with Crippen molar-refractivity contribution in [1.82, 2.24) is 24.5 Å². The molecule has 0 amide bonds. The van der Waals surface area contributed by atoms with Crippen molar-refractivity contribution in [3.63, 3.8) is 0 Å². The van der Waals surface area contributed by atoms with Crippen molar-refractivity contribution in [3.05, 3.63) is 96.3 Å². The Kier molecular flexibility index (Phi) is 7.20. The Bertz CT molecular complexity index is 1710. The maximum absolute atomic E-state index is 13.1. The minimum absolute atomic E-state index is 0.0580. The zero-order valence-electron chi connectivity index (χ0n) is 21.1. The van der Waals surface area contributed by atoms with E-state index >= 15 is 0 Å². The highest BCUT2D eigenvalue weighted by Gasteiger charge is 2.18. The largest absolute Gasteiger partial charge is 0.434 e. The highest BCUT2D eigenvalue weighted by atomic mass is 32.2. The first-order valence-electron chi connectivity index (χ1n) is 11.9. The average Bonchev–Trinajstić information content (AvgIpc) is 3.25.